The van der Waals surface area contributed by atoms with Crippen LogP contribution in [0.1, 0.15) is 25.5 Å². The van der Waals surface area contributed by atoms with E-state index in [-0.39, 0.29) is 13.2 Å². The number of rotatable bonds is 9. The molecule has 0 aliphatic heterocycles. The molecule has 0 heterocycles. The second-order valence-corrected chi connectivity index (χ2v) is 5.28. The van der Waals surface area contributed by atoms with E-state index >= 15 is 0 Å². The Bertz CT molecular complexity index is 804. The molecule has 0 aliphatic carbocycles. The average molecular weight is 352 g/mol. The molecule has 6 heteroatoms. The molecule has 0 saturated heterocycles. The van der Waals surface area contributed by atoms with Crippen LogP contribution in [0.25, 0.3) is 11.1 Å². The molecule has 0 N–H and O–H groups in total. The predicted octanol–water partition coefficient (Wildman–Crippen LogP) is 3.79. The highest BCUT2D eigenvalue weighted by atomic mass is 16.7. The summed E-state index contributed by atoms with van der Waals surface area (Å²) in [5.74, 6) is -1.78. The summed E-state index contributed by atoms with van der Waals surface area (Å²) >= 11 is 0. The largest absolute Gasteiger partial charge is 0.329 e. The molecule has 26 heavy (non-hydrogen) atoms. The van der Waals surface area contributed by atoms with Crippen LogP contribution in [-0.4, -0.2) is 31.3 Å². The van der Waals surface area contributed by atoms with Gasteiger partial charge in [-0.15, -0.1) is 4.99 Å². The lowest BCUT2D eigenvalue weighted by Crippen LogP contribution is -2.40. The molecule has 0 amide bonds. The van der Waals surface area contributed by atoms with E-state index < -0.39 is 12.0 Å². The van der Waals surface area contributed by atoms with Crippen molar-refractivity contribution < 1.29 is 19.1 Å². The number of ether oxygens (including phenoxy) is 2. The lowest BCUT2D eigenvalue weighted by atomic mass is 9.93. The maximum atomic E-state index is 11.2. The highest BCUT2D eigenvalue weighted by Crippen LogP contribution is 2.39. The maximum absolute atomic E-state index is 11.2. The first-order chi connectivity index (χ1) is 12.7. The molecule has 2 aromatic carbocycles. The van der Waals surface area contributed by atoms with Crippen LogP contribution in [0.3, 0.4) is 0 Å². The molecular formula is C20H20N2O4. The lowest BCUT2D eigenvalue weighted by molar-refractivity contribution is -0.240. The molecule has 0 radical (unpaired) electrons. The molecule has 2 aromatic rings. The number of isocyanates is 2. The first-order valence-corrected chi connectivity index (χ1v) is 8.30. The molecule has 0 bridgehead atoms. The van der Waals surface area contributed by atoms with Gasteiger partial charge in [-0.3, -0.25) is 0 Å². The Morgan fingerprint density at radius 1 is 0.923 bits per heavy atom. The van der Waals surface area contributed by atoms with Gasteiger partial charge >= 0.3 is 5.91 Å². The van der Waals surface area contributed by atoms with Crippen LogP contribution < -0.4 is 0 Å². The Balaban J connectivity index is 2.70. The van der Waals surface area contributed by atoms with Crippen LogP contribution in [0.5, 0.6) is 0 Å². The summed E-state index contributed by atoms with van der Waals surface area (Å²) < 4.78 is 11.3. The van der Waals surface area contributed by atoms with Crippen molar-refractivity contribution >= 4 is 12.2 Å². The Kier molecular flexibility index (Phi) is 7.15. The molecule has 0 saturated carbocycles. The molecular weight excluding hydrogens is 332 g/mol. The lowest BCUT2D eigenvalue weighted by Gasteiger charge is -2.33. The summed E-state index contributed by atoms with van der Waals surface area (Å²) in [5, 5.41) is 0. The van der Waals surface area contributed by atoms with Gasteiger partial charge in [0, 0.05) is 13.2 Å². The molecule has 134 valence electrons. The Hall–Kier alpha value is -2.88. The number of nitrogens with zero attached hydrogens (tertiary/aromatic N) is 2. The van der Waals surface area contributed by atoms with Gasteiger partial charge in [0.2, 0.25) is 12.2 Å². The molecule has 1 unspecified atom stereocenters. The molecule has 2 rings (SSSR count). The van der Waals surface area contributed by atoms with E-state index in [0.717, 1.165) is 11.1 Å². The van der Waals surface area contributed by atoms with Crippen molar-refractivity contribution in [3.63, 3.8) is 0 Å². The van der Waals surface area contributed by atoms with Crippen LogP contribution in [0.15, 0.2) is 64.6 Å². The minimum Gasteiger partial charge on any atom is -0.329 e. The van der Waals surface area contributed by atoms with Gasteiger partial charge in [0.15, 0.2) is 6.04 Å². The van der Waals surface area contributed by atoms with E-state index in [0.29, 0.717) is 5.56 Å². The van der Waals surface area contributed by atoms with E-state index in [1.54, 1.807) is 26.0 Å². The third-order valence-electron chi connectivity index (χ3n) is 3.77. The number of carbonyl (C=O) groups excluding carboxylic acids is 2. The fourth-order valence-corrected chi connectivity index (χ4v) is 2.82. The minimum atomic E-state index is -1.78. The van der Waals surface area contributed by atoms with Crippen molar-refractivity contribution in [1.29, 1.82) is 0 Å². The zero-order valence-corrected chi connectivity index (χ0v) is 14.7. The topological polar surface area (TPSA) is 77.3 Å². The van der Waals surface area contributed by atoms with Gasteiger partial charge in [-0.1, -0.05) is 54.6 Å². The monoisotopic (exact) mass is 352 g/mol. The summed E-state index contributed by atoms with van der Waals surface area (Å²) in [7, 11) is 0. The number of hydrogen-bond acceptors (Lipinski definition) is 6. The Morgan fingerprint density at radius 2 is 1.54 bits per heavy atom. The standard InChI is InChI=1S/C20H20N2O4/c1-3-25-20(22-15-24,26-4-2)19(21-14-23)18-13-9-8-12-17(18)16-10-6-5-7-11-16/h5-13,19H,3-4H2,1-2H3. The summed E-state index contributed by atoms with van der Waals surface area (Å²) in [4.78, 5) is 29.8. The smallest absolute Gasteiger partial charge is 0.308 e. The van der Waals surface area contributed by atoms with Gasteiger partial charge in [-0.05, 0) is 30.5 Å². The SMILES string of the molecule is CCOC(N=C=O)(OCC)C(N=C=O)c1ccccc1-c1ccccc1. The normalized spacial score (nSPS) is 11.9. The third kappa shape index (κ3) is 4.20. The first kappa shape index (κ1) is 19.4. The predicted molar refractivity (Wildman–Crippen MR) is 96.8 cm³/mol. The molecule has 6 nitrogen and oxygen atoms in total. The zero-order chi connectivity index (χ0) is 18.8. The molecule has 1 atom stereocenters. The quantitative estimate of drug-likeness (QED) is 0.391. The maximum Gasteiger partial charge on any atom is 0.308 e. The summed E-state index contributed by atoms with van der Waals surface area (Å²) in [5.41, 5.74) is 2.37. The second-order valence-electron chi connectivity index (χ2n) is 5.28. The second kappa shape index (κ2) is 9.56. The van der Waals surface area contributed by atoms with Crippen LogP contribution >= 0.6 is 0 Å². The highest BCUT2D eigenvalue weighted by Gasteiger charge is 2.44. The third-order valence-corrected chi connectivity index (χ3v) is 3.77. The summed E-state index contributed by atoms with van der Waals surface area (Å²) in [6, 6.07) is 16.0. The molecule has 0 aromatic heterocycles. The van der Waals surface area contributed by atoms with Crippen molar-refractivity contribution in [1.82, 2.24) is 0 Å². The average Bonchev–Trinajstić information content (AvgIpc) is 2.67. The van der Waals surface area contributed by atoms with Gasteiger partial charge in [-0.2, -0.15) is 4.99 Å². The van der Waals surface area contributed by atoms with Gasteiger partial charge < -0.3 is 9.47 Å². The fourth-order valence-electron chi connectivity index (χ4n) is 2.82. The minimum absolute atomic E-state index is 0.198. The molecule has 0 fully saturated rings. The van der Waals surface area contributed by atoms with E-state index in [9.17, 15) is 9.59 Å². The van der Waals surface area contributed by atoms with E-state index in [1.807, 2.05) is 48.5 Å². The molecule has 0 aliphatic rings. The van der Waals surface area contributed by atoms with Crippen LogP contribution in [-0.2, 0) is 19.1 Å². The van der Waals surface area contributed by atoms with Crippen molar-refractivity contribution in [2.24, 2.45) is 9.98 Å². The summed E-state index contributed by atoms with van der Waals surface area (Å²) in [6.45, 7) is 3.87. The number of benzene rings is 2. The van der Waals surface area contributed by atoms with Crippen LogP contribution in [0.4, 0.5) is 0 Å². The fraction of sp³-hybridized carbons (Fsp3) is 0.300. The zero-order valence-electron chi connectivity index (χ0n) is 14.7. The van der Waals surface area contributed by atoms with Gasteiger partial charge in [0.05, 0.1) is 0 Å². The van der Waals surface area contributed by atoms with Gasteiger partial charge in [0.25, 0.3) is 0 Å². The van der Waals surface area contributed by atoms with Gasteiger partial charge in [0.1, 0.15) is 0 Å². The van der Waals surface area contributed by atoms with Crippen molar-refractivity contribution in [3.8, 4) is 11.1 Å². The van der Waals surface area contributed by atoms with E-state index in [1.165, 1.54) is 6.08 Å². The van der Waals surface area contributed by atoms with Crippen LogP contribution in [0, 0.1) is 0 Å². The summed E-state index contributed by atoms with van der Waals surface area (Å²) in [6.07, 6.45) is 3.03. The molecule has 0 spiro atoms. The Labute approximate surface area is 152 Å². The van der Waals surface area contributed by atoms with E-state index in [2.05, 4.69) is 9.98 Å². The number of hydrogen-bond donors (Lipinski definition) is 0. The van der Waals surface area contributed by atoms with E-state index in [4.69, 9.17) is 9.47 Å². The number of aliphatic imine (C=N–C) groups is 2. The van der Waals surface area contributed by atoms with Crippen molar-refractivity contribution in [2.45, 2.75) is 25.8 Å². The Morgan fingerprint density at radius 3 is 2.12 bits per heavy atom. The first-order valence-electron chi connectivity index (χ1n) is 8.30. The van der Waals surface area contributed by atoms with Crippen LogP contribution in [0.2, 0.25) is 0 Å². The van der Waals surface area contributed by atoms with Crippen molar-refractivity contribution in [3.05, 3.63) is 60.2 Å². The highest BCUT2D eigenvalue weighted by molar-refractivity contribution is 5.68. The van der Waals surface area contributed by atoms with Crippen molar-refractivity contribution in [2.75, 3.05) is 13.2 Å². The van der Waals surface area contributed by atoms with Gasteiger partial charge in [-0.25, -0.2) is 9.59 Å².